The molecule has 4 aromatic rings. The minimum atomic E-state index is 0.133. The van der Waals surface area contributed by atoms with Crippen LogP contribution in [0, 0.1) is 13.8 Å². The van der Waals surface area contributed by atoms with Gasteiger partial charge in [0.15, 0.2) is 22.5 Å². The Kier molecular flexibility index (Phi) is 5.86. The first-order chi connectivity index (χ1) is 16.3. The quantitative estimate of drug-likeness (QED) is 0.297. The standard InChI is InChI=1S/C28H29N3O2S/c1-18-13-21(28(3,4)5)14-19(2)23(18)16-34-27-30-29-26(31(27)22-9-7-6-8-10-22)20-11-12-24-25(15-20)33-17-32-24/h6-15H,16-17H2,1-5H3. The molecule has 3 aromatic carbocycles. The van der Waals surface area contributed by atoms with Gasteiger partial charge in [0.2, 0.25) is 6.79 Å². The van der Waals surface area contributed by atoms with Crippen LogP contribution >= 0.6 is 11.8 Å². The van der Waals surface area contributed by atoms with E-state index in [1.807, 2.05) is 36.4 Å². The van der Waals surface area contributed by atoms with Gasteiger partial charge >= 0.3 is 0 Å². The number of hydrogen-bond donors (Lipinski definition) is 0. The van der Waals surface area contributed by atoms with Crippen LogP contribution in [0.2, 0.25) is 0 Å². The topological polar surface area (TPSA) is 49.2 Å². The minimum Gasteiger partial charge on any atom is -0.454 e. The summed E-state index contributed by atoms with van der Waals surface area (Å²) in [5, 5.41) is 10.0. The summed E-state index contributed by atoms with van der Waals surface area (Å²) in [7, 11) is 0. The molecular weight excluding hydrogens is 442 g/mol. The normalized spacial score (nSPS) is 12.9. The fourth-order valence-electron chi connectivity index (χ4n) is 4.19. The molecule has 0 saturated carbocycles. The monoisotopic (exact) mass is 471 g/mol. The summed E-state index contributed by atoms with van der Waals surface area (Å²) >= 11 is 1.71. The van der Waals surface area contributed by atoms with Gasteiger partial charge in [-0.05, 0) is 71.8 Å². The Morgan fingerprint density at radius 3 is 2.29 bits per heavy atom. The van der Waals surface area contributed by atoms with Gasteiger partial charge in [0.25, 0.3) is 0 Å². The predicted octanol–water partition coefficient (Wildman–Crippen LogP) is 6.87. The van der Waals surface area contributed by atoms with Crippen LogP contribution in [0.1, 0.15) is 43.0 Å². The van der Waals surface area contributed by atoms with E-state index in [1.54, 1.807) is 11.8 Å². The number of nitrogens with zero attached hydrogens (tertiary/aromatic N) is 3. The molecule has 2 heterocycles. The molecule has 1 aliphatic heterocycles. The third kappa shape index (κ3) is 4.30. The molecule has 34 heavy (non-hydrogen) atoms. The summed E-state index contributed by atoms with van der Waals surface area (Å²) in [4.78, 5) is 0. The van der Waals surface area contributed by atoms with Crippen molar-refractivity contribution in [3.05, 3.63) is 82.9 Å². The van der Waals surface area contributed by atoms with Crippen molar-refractivity contribution in [3.8, 4) is 28.6 Å². The molecule has 0 fully saturated rings. The highest BCUT2D eigenvalue weighted by Gasteiger charge is 2.21. The molecule has 6 heteroatoms. The van der Waals surface area contributed by atoms with Gasteiger partial charge in [0, 0.05) is 17.0 Å². The van der Waals surface area contributed by atoms with Gasteiger partial charge in [0.1, 0.15) is 0 Å². The first-order valence-corrected chi connectivity index (χ1v) is 12.4. The van der Waals surface area contributed by atoms with Crippen LogP contribution in [0.5, 0.6) is 11.5 Å². The maximum atomic E-state index is 5.59. The number of benzene rings is 3. The summed E-state index contributed by atoms with van der Waals surface area (Å²) in [5.41, 5.74) is 7.46. The number of ether oxygens (including phenoxy) is 2. The predicted molar refractivity (Wildman–Crippen MR) is 137 cm³/mol. The summed E-state index contributed by atoms with van der Waals surface area (Å²) in [6.45, 7) is 11.4. The van der Waals surface area contributed by atoms with E-state index in [-0.39, 0.29) is 12.2 Å². The summed E-state index contributed by atoms with van der Waals surface area (Å²) in [6, 6.07) is 20.8. The van der Waals surface area contributed by atoms with Gasteiger partial charge in [-0.1, -0.05) is 62.9 Å². The molecular formula is C28H29N3O2S. The van der Waals surface area contributed by atoms with E-state index >= 15 is 0 Å². The Morgan fingerprint density at radius 1 is 0.882 bits per heavy atom. The maximum Gasteiger partial charge on any atom is 0.231 e. The van der Waals surface area contributed by atoms with Gasteiger partial charge < -0.3 is 9.47 Å². The van der Waals surface area contributed by atoms with Crippen LogP contribution in [0.4, 0.5) is 0 Å². The summed E-state index contributed by atoms with van der Waals surface area (Å²) in [6.07, 6.45) is 0. The van der Waals surface area contributed by atoms with Crippen LogP contribution in [0.3, 0.4) is 0 Å². The van der Waals surface area contributed by atoms with Gasteiger partial charge in [-0.3, -0.25) is 4.57 Å². The largest absolute Gasteiger partial charge is 0.454 e. The summed E-state index contributed by atoms with van der Waals surface area (Å²) < 4.78 is 13.2. The van der Waals surface area contributed by atoms with Crippen molar-refractivity contribution >= 4 is 11.8 Å². The van der Waals surface area contributed by atoms with Crippen molar-refractivity contribution in [2.45, 2.75) is 50.9 Å². The van der Waals surface area contributed by atoms with Crippen LogP contribution in [-0.4, -0.2) is 21.6 Å². The van der Waals surface area contributed by atoms with Crippen molar-refractivity contribution < 1.29 is 9.47 Å². The van der Waals surface area contributed by atoms with E-state index in [4.69, 9.17) is 9.47 Å². The third-order valence-electron chi connectivity index (χ3n) is 6.19. The number of aromatic nitrogens is 3. The Hall–Kier alpha value is -3.25. The lowest BCUT2D eigenvalue weighted by Gasteiger charge is -2.22. The second-order valence-electron chi connectivity index (χ2n) is 9.67. The van der Waals surface area contributed by atoms with Crippen molar-refractivity contribution in [1.29, 1.82) is 0 Å². The van der Waals surface area contributed by atoms with Gasteiger partial charge in [0.05, 0.1) is 0 Å². The Balaban J connectivity index is 1.51. The molecule has 0 N–H and O–H groups in total. The minimum absolute atomic E-state index is 0.133. The molecule has 0 atom stereocenters. The molecule has 0 amide bonds. The van der Waals surface area contributed by atoms with Crippen LogP contribution in [0.25, 0.3) is 17.1 Å². The van der Waals surface area contributed by atoms with Gasteiger partial charge in [-0.2, -0.15) is 0 Å². The zero-order valence-electron chi connectivity index (χ0n) is 20.3. The molecule has 5 rings (SSSR count). The van der Waals surface area contributed by atoms with E-state index in [0.717, 1.165) is 39.5 Å². The molecule has 1 aromatic heterocycles. The molecule has 0 aliphatic carbocycles. The molecule has 0 spiro atoms. The van der Waals surface area contributed by atoms with Crippen LogP contribution < -0.4 is 9.47 Å². The van der Waals surface area contributed by atoms with E-state index in [0.29, 0.717) is 0 Å². The van der Waals surface area contributed by atoms with E-state index in [1.165, 1.54) is 22.3 Å². The second kappa shape index (κ2) is 8.84. The number of hydrogen-bond acceptors (Lipinski definition) is 5. The number of aryl methyl sites for hydroxylation is 2. The highest BCUT2D eigenvalue weighted by Crippen LogP contribution is 2.38. The lowest BCUT2D eigenvalue weighted by molar-refractivity contribution is 0.174. The fourth-order valence-corrected chi connectivity index (χ4v) is 5.33. The molecule has 0 bridgehead atoms. The first-order valence-electron chi connectivity index (χ1n) is 11.5. The lowest BCUT2D eigenvalue weighted by Crippen LogP contribution is -2.12. The highest BCUT2D eigenvalue weighted by atomic mass is 32.2. The van der Waals surface area contributed by atoms with Crippen molar-refractivity contribution in [2.75, 3.05) is 6.79 Å². The van der Waals surface area contributed by atoms with E-state index in [2.05, 4.69) is 73.6 Å². The lowest BCUT2D eigenvalue weighted by atomic mass is 9.84. The van der Waals surface area contributed by atoms with Crippen LogP contribution in [-0.2, 0) is 11.2 Å². The average Bonchev–Trinajstić information content (AvgIpc) is 3.45. The number of rotatable bonds is 5. The molecule has 0 unspecified atom stereocenters. The zero-order valence-corrected chi connectivity index (χ0v) is 21.1. The SMILES string of the molecule is Cc1cc(C(C)(C)C)cc(C)c1CSc1nnc(-c2ccc3c(c2)OCO3)n1-c1ccccc1. The Morgan fingerprint density at radius 2 is 1.59 bits per heavy atom. The number of fused-ring (bicyclic) bond motifs is 1. The highest BCUT2D eigenvalue weighted by molar-refractivity contribution is 7.98. The fraction of sp³-hybridized carbons (Fsp3) is 0.286. The Bertz CT molecular complexity index is 1320. The maximum absolute atomic E-state index is 5.59. The van der Waals surface area contributed by atoms with Gasteiger partial charge in [-0.15, -0.1) is 10.2 Å². The van der Waals surface area contributed by atoms with E-state index in [9.17, 15) is 0 Å². The molecule has 174 valence electrons. The van der Waals surface area contributed by atoms with Gasteiger partial charge in [-0.25, -0.2) is 0 Å². The molecule has 0 radical (unpaired) electrons. The number of thioether (sulfide) groups is 1. The smallest absolute Gasteiger partial charge is 0.231 e. The molecule has 1 aliphatic rings. The zero-order chi connectivity index (χ0) is 23.9. The van der Waals surface area contributed by atoms with Crippen molar-refractivity contribution in [1.82, 2.24) is 14.8 Å². The molecule has 0 saturated heterocycles. The van der Waals surface area contributed by atoms with Crippen molar-refractivity contribution in [3.63, 3.8) is 0 Å². The van der Waals surface area contributed by atoms with E-state index < -0.39 is 0 Å². The third-order valence-corrected chi connectivity index (χ3v) is 7.14. The first kappa shape index (κ1) is 22.5. The molecule has 5 nitrogen and oxygen atoms in total. The second-order valence-corrected chi connectivity index (χ2v) is 10.6. The summed E-state index contributed by atoms with van der Waals surface area (Å²) in [5.74, 6) is 3.10. The van der Waals surface area contributed by atoms with Crippen molar-refractivity contribution in [2.24, 2.45) is 0 Å². The number of para-hydroxylation sites is 1. The average molecular weight is 472 g/mol. The van der Waals surface area contributed by atoms with Crippen LogP contribution in [0.15, 0.2) is 65.8 Å². The Labute approximate surface area is 205 Å².